The molecule has 0 amide bonds. The molecule has 0 heterocycles. The molecule has 0 N–H and O–H groups in total. The molecule has 0 aliphatic rings. The standard InChI is InChI=1S/C16H15Br2FO2/c1-9-6-10(19)4-5-11(9)16(18)12-7-14(20-2)15(21-3)8-13(12)17/h4-8,16H,1-3H3. The Kier molecular flexibility index (Phi) is 5.27. The second-order valence-electron chi connectivity index (χ2n) is 4.59. The smallest absolute Gasteiger partial charge is 0.161 e. The number of alkyl halides is 1. The Hall–Kier alpha value is -1.07. The van der Waals surface area contributed by atoms with Crippen molar-refractivity contribution >= 4 is 31.9 Å². The maximum atomic E-state index is 13.2. The Morgan fingerprint density at radius 2 is 1.62 bits per heavy atom. The van der Waals surface area contributed by atoms with E-state index in [1.165, 1.54) is 12.1 Å². The molecule has 0 fully saturated rings. The van der Waals surface area contributed by atoms with Crippen molar-refractivity contribution in [1.29, 1.82) is 0 Å². The van der Waals surface area contributed by atoms with Gasteiger partial charge in [0.2, 0.25) is 0 Å². The average Bonchev–Trinajstić information content (AvgIpc) is 2.46. The third-order valence-electron chi connectivity index (χ3n) is 3.28. The molecular weight excluding hydrogens is 403 g/mol. The first-order chi connectivity index (χ1) is 9.97. The van der Waals surface area contributed by atoms with Crippen LogP contribution in [0.3, 0.4) is 0 Å². The van der Waals surface area contributed by atoms with Crippen molar-refractivity contribution in [1.82, 2.24) is 0 Å². The first kappa shape index (κ1) is 16.3. The van der Waals surface area contributed by atoms with E-state index in [-0.39, 0.29) is 10.6 Å². The normalized spacial score (nSPS) is 12.1. The van der Waals surface area contributed by atoms with Gasteiger partial charge in [-0.25, -0.2) is 4.39 Å². The molecule has 2 aromatic carbocycles. The van der Waals surface area contributed by atoms with E-state index in [2.05, 4.69) is 31.9 Å². The summed E-state index contributed by atoms with van der Waals surface area (Å²) in [6.07, 6.45) is 0. The Morgan fingerprint density at radius 1 is 1.00 bits per heavy atom. The van der Waals surface area contributed by atoms with Gasteiger partial charge >= 0.3 is 0 Å². The number of aryl methyl sites for hydroxylation is 1. The maximum absolute atomic E-state index is 13.2. The van der Waals surface area contributed by atoms with Crippen LogP contribution >= 0.6 is 31.9 Å². The Morgan fingerprint density at radius 3 is 2.19 bits per heavy atom. The summed E-state index contributed by atoms with van der Waals surface area (Å²) in [7, 11) is 3.20. The van der Waals surface area contributed by atoms with Crippen molar-refractivity contribution in [3.63, 3.8) is 0 Å². The molecule has 21 heavy (non-hydrogen) atoms. The molecule has 5 heteroatoms. The van der Waals surface area contributed by atoms with Gasteiger partial charge in [0.05, 0.1) is 19.0 Å². The first-order valence-corrected chi connectivity index (χ1v) is 8.00. The lowest BCUT2D eigenvalue weighted by Crippen LogP contribution is -2.00. The monoisotopic (exact) mass is 416 g/mol. The van der Waals surface area contributed by atoms with Crippen molar-refractivity contribution in [2.45, 2.75) is 11.8 Å². The van der Waals surface area contributed by atoms with Gasteiger partial charge in [0.25, 0.3) is 0 Å². The summed E-state index contributed by atoms with van der Waals surface area (Å²) < 4.78 is 24.8. The van der Waals surface area contributed by atoms with Crippen LogP contribution in [0.4, 0.5) is 4.39 Å². The summed E-state index contributed by atoms with van der Waals surface area (Å²) in [6.45, 7) is 1.89. The second kappa shape index (κ2) is 6.79. The van der Waals surface area contributed by atoms with E-state index in [4.69, 9.17) is 9.47 Å². The van der Waals surface area contributed by atoms with Crippen LogP contribution < -0.4 is 9.47 Å². The number of methoxy groups -OCH3 is 2. The zero-order valence-electron chi connectivity index (χ0n) is 11.9. The van der Waals surface area contributed by atoms with E-state index in [9.17, 15) is 4.39 Å². The van der Waals surface area contributed by atoms with Crippen LogP contribution in [0.1, 0.15) is 21.5 Å². The molecular formula is C16H15Br2FO2. The lowest BCUT2D eigenvalue weighted by molar-refractivity contribution is 0.354. The van der Waals surface area contributed by atoms with Crippen LogP contribution in [0.15, 0.2) is 34.8 Å². The Labute approximate surface area is 140 Å². The number of benzene rings is 2. The molecule has 0 saturated heterocycles. The Balaban J connectivity index is 2.50. The van der Waals surface area contributed by atoms with Gasteiger partial charge in [-0.05, 0) is 47.9 Å². The van der Waals surface area contributed by atoms with Crippen molar-refractivity contribution in [3.8, 4) is 11.5 Å². The Bertz CT molecular complexity index is 659. The van der Waals surface area contributed by atoms with E-state index >= 15 is 0 Å². The minimum absolute atomic E-state index is 0.0766. The second-order valence-corrected chi connectivity index (χ2v) is 6.36. The highest BCUT2D eigenvalue weighted by atomic mass is 79.9. The molecule has 0 aromatic heterocycles. The van der Waals surface area contributed by atoms with Crippen LogP contribution in [-0.4, -0.2) is 14.2 Å². The average molecular weight is 418 g/mol. The molecule has 2 aromatic rings. The van der Waals surface area contributed by atoms with E-state index < -0.39 is 0 Å². The number of rotatable bonds is 4. The van der Waals surface area contributed by atoms with Crippen molar-refractivity contribution in [3.05, 3.63) is 57.3 Å². The van der Waals surface area contributed by atoms with Gasteiger partial charge in [-0.1, -0.05) is 37.9 Å². The highest BCUT2D eigenvalue weighted by molar-refractivity contribution is 9.11. The van der Waals surface area contributed by atoms with Crippen LogP contribution in [0, 0.1) is 12.7 Å². The third-order valence-corrected chi connectivity index (χ3v) is 4.95. The number of hydrogen-bond donors (Lipinski definition) is 0. The number of ether oxygens (including phenoxy) is 2. The van der Waals surface area contributed by atoms with E-state index in [1.54, 1.807) is 20.3 Å². The van der Waals surface area contributed by atoms with Crippen LogP contribution in [-0.2, 0) is 0 Å². The quantitative estimate of drug-likeness (QED) is 0.620. The summed E-state index contributed by atoms with van der Waals surface area (Å²) in [5.74, 6) is 1.07. The lowest BCUT2D eigenvalue weighted by Gasteiger charge is -2.18. The molecule has 1 atom stereocenters. The lowest BCUT2D eigenvalue weighted by atomic mass is 10.00. The van der Waals surface area contributed by atoms with Crippen molar-refractivity contribution in [2.75, 3.05) is 14.2 Å². The van der Waals surface area contributed by atoms with Crippen molar-refractivity contribution in [2.24, 2.45) is 0 Å². The van der Waals surface area contributed by atoms with E-state index in [1.807, 2.05) is 19.1 Å². The van der Waals surface area contributed by atoms with Crippen LogP contribution in [0.25, 0.3) is 0 Å². The fourth-order valence-corrected chi connectivity index (χ4v) is 3.91. The maximum Gasteiger partial charge on any atom is 0.161 e. The van der Waals surface area contributed by atoms with E-state index in [0.29, 0.717) is 11.5 Å². The van der Waals surface area contributed by atoms with Gasteiger partial charge in [0, 0.05) is 4.47 Å². The summed E-state index contributed by atoms with van der Waals surface area (Å²) in [5.41, 5.74) is 2.88. The molecule has 112 valence electrons. The zero-order chi connectivity index (χ0) is 15.6. The van der Waals surface area contributed by atoms with Gasteiger partial charge in [-0.3, -0.25) is 0 Å². The largest absolute Gasteiger partial charge is 0.493 e. The topological polar surface area (TPSA) is 18.5 Å². The molecule has 2 rings (SSSR count). The minimum atomic E-state index is -0.234. The van der Waals surface area contributed by atoms with E-state index in [0.717, 1.165) is 21.2 Å². The van der Waals surface area contributed by atoms with Gasteiger partial charge in [-0.15, -0.1) is 0 Å². The van der Waals surface area contributed by atoms with Crippen LogP contribution in [0.2, 0.25) is 0 Å². The van der Waals surface area contributed by atoms with Gasteiger partial charge in [0.1, 0.15) is 5.82 Å². The molecule has 0 radical (unpaired) electrons. The summed E-state index contributed by atoms with van der Waals surface area (Å²) >= 11 is 7.23. The summed E-state index contributed by atoms with van der Waals surface area (Å²) in [6, 6.07) is 8.54. The van der Waals surface area contributed by atoms with Gasteiger partial charge < -0.3 is 9.47 Å². The molecule has 2 nitrogen and oxygen atoms in total. The SMILES string of the molecule is COc1cc(Br)c(C(Br)c2ccc(F)cc2C)cc1OC. The fraction of sp³-hybridized carbons (Fsp3) is 0.250. The minimum Gasteiger partial charge on any atom is -0.493 e. The molecule has 0 aliphatic heterocycles. The molecule has 0 aliphatic carbocycles. The van der Waals surface area contributed by atoms with Gasteiger partial charge in [0.15, 0.2) is 11.5 Å². The highest BCUT2D eigenvalue weighted by Crippen LogP contribution is 2.42. The predicted molar refractivity (Wildman–Crippen MR) is 89.2 cm³/mol. The van der Waals surface area contributed by atoms with Crippen LogP contribution in [0.5, 0.6) is 11.5 Å². The molecule has 0 saturated carbocycles. The van der Waals surface area contributed by atoms with Gasteiger partial charge in [-0.2, -0.15) is 0 Å². The number of hydrogen-bond acceptors (Lipinski definition) is 2. The number of halogens is 3. The third kappa shape index (κ3) is 3.40. The van der Waals surface area contributed by atoms with Crippen molar-refractivity contribution < 1.29 is 13.9 Å². The highest BCUT2D eigenvalue weighted by Gasteiger charge is 2.19. The first-order valence-electron chi connectivity index (χ1n) is 6.29. The summed E-state index contributed by atoms with van der Waals surface area (Å²) in [5, 5.41) is 0. The summed E-state index contributed by atoms with van der Waals surface area (Å²) in [4.78, 5) is -0.0766. The molecule has 0 bridgehead atoms. The predicted octanol–water partition coefficient (Wildman–Crippen LogP) is 5.40. The zero-order valence-corrected chi connectivity index (χ0v) is 15.1. The molecule has 1 unspecified atom stereocenters. The fourth-order valence-electron chi connectivity index (χ4n) is 2.16. The molecule has 0 spiro atoms.